The van der Waals surface area contributed by atoms with Crippen LogP contribution in [0.2, 0.25) is 0 Å². The maximum absolute atomic E-state index is 12.6. The molecule has 0 aliphatic carbocycles. The average molecular weight is 293 g/mol. The Hall–Kier alpha value is -1.58. The van der Waals surface area contributed by atoms with Gasteiger partial charge in [0.25, 0.3) is 0 Å². The molecule has 20 heavy (non-hydrogen) atoms. The van der Waals surface area contributed by atoms with Crippen molar-refractivity contribution in [3.8, 4) is 6.07 Å². The minimum absolute atomic E-state index is 0.0594. The zero-order valence-corrected chi connectivity index (χ0v) is 12.4. The Kier molecular flexibility index (Phi) is 4.31. The van der Waals surface area contributed by atoms with Crippen molar-refractivity contribution in [2.75, 3.05) is 18.8 Å². The van der Waals surface area contributed by atoms with Crippen LogP contribution in [0, 0.1) is 17.2 Å². The lowest BCUT2D eigenvalue weighted by Crippen LogP contribution is -2.38. The number of hydrogen-bond acceptors (Lipinski definition) is 4. The third kappa shape index (κ3) is 2.79. The normalized spacial score (nSPS) is 17.8. The van der Waals surface area contributed by atoms with Gasteiger partial charge in [0.1, 0.15) is 11.0 Å². The van der Waals surface area contributed by atoms with Gasteiger partial charge in [-0.2, -0.15) is 9.57 Å². The molecule has 1 aromatic carbocycles. The molecule has 108 valence electrons. The van der Waals surface area contributed by atoms with Crippen LogP contribution in [0.25, 0.3) is 0 Å². The zero-order valence-electron chi connectivity index (χ0n) is 11.5. The summed E-state index contributed by atoms with van der Waals surface area (Å²) in [5.74, 6) is 0.600. The maximum Gasteiger partial charge on any atom is 0.244 e. The molecule has 0 unspecified atom stereocenters. The number of anilines is 1. The molecule has 1 aliphatic rings. The lowest BCUT2D eigenvalue weighted by atomic mass is 9.96. The van der Waals surface area contributed by atoms with Gasteiger partial charge in [-0.25, -0.2) is 8.42 Å². The molecule has 1 fully saturated rings. The highest BCUT2D eigenvalue weighted by molar-refractivity contribution is 7.89. The molecular weight excluding hydrogens is 274 g/mol. The fourth-order valence-corrected chi connectivity index (χ4v) is 4.15. The molecule has 1 aliphatic heterocycles. The van der Waals surface area contributed by atoms with Gasteiger partial charge in [0.2, 0.25) is 10.0 Å². The third-order valence-electron chi connectivity index (χ3n) is 3.89. The molecule has 0 bridgehead atoms. The maximum atomic E-state index is 12.6. The summed E-state index contributed by atoms with van der Waals surface area (Å²) in [5.41, 5.74) is 6.11. The van der Waals surface area contributed by atoms with Gasteiger partial charge in [-0.05, 0) is 37.0 Å². The van der Waals surface area contributed by atoms with Crippen LogP contribution in [-0.2, 0) is 10.0 Å². The van der Waals surface area contributed by atoms with E-state index < -0.39 is 10.0 Å². The fourth-order valence-electron chi connectivity index (χ4n) is 2.56. The van der Waals surface area contributed by atoms with E-state index in [1.54, 1.807) is 0 Å². The smallest absolute Gasteiger partial charge is 0.244 e. The number of rotatable bonds is 3. The van der Waals surface area contributed by atoms with Crippen molar-refractivity contribution < 1.29 is 8.42 Å². The van der Waals surface area contributed by atoms with Crippen LogP contribution in [-0.4, -0.2) is 25.8 Å². The number of nitrogens with zero attached hydrogens (tertiary/aromatic N) is 2. The number of nitrogen functional groups attached to an aromatic ring is 1. The summed E-state index contributed by atoms with van der Waals surface area (Å²) in [7, 11) is -3.60. The van der Waals surface area contributed by atoms with Gasteiger partial charge >= 0.3 is 0 Å². The summed E-state index contributed by atoms with van der Waals surface area (Å²) in [4.78, 5) is 0.0594. The molecule has 2 N–H and O–H groups in total. The van der Waals surface area contributed by atoms with E-state index in [1.807, 2.05) is 6.07 Å². The van der Waals surface area contributed by atoms with Gasteiger partial charge in [0, 0.05) is 18.8 Å². The lowest BCUT2D eigenvalue weighted by Gasteiger charge is -2.30. The molecule has 1 heterocycles. The first-order valence-corrected chi connectivity index (χ1v) is 8.22. The predicted octanol–water partition coefficient (Wildman–Crippen LogP) is 1.95. The standard InChI is InChI=1S/C14H19N3O2S/c1-2-11-5-7-17(8-6-11)20(18,19)14-4-3-13(16)9-12(14)10-15/h3-4,9,11H,2,5-8,16H2,1H3. The summed E-state index contributed by atoms with van der Waals surface area (Å²) >= 11 is 0. The Morgan fingerprint density at radius 3 is 2.60 bits per heavy atom. The third-order valence-corrected chi connectivity index (χ3v) is 5.85. The van der Waals surface area contributed by atoms with Crippen LogP contribution in [0.1, 0.15) is 31.7 Å². The van der Waals surface area contributed by atoms with Crippen LogP contribution >= 0.6 is 0 Å². The van der Waals surface area contributed by atoms with Crippen molar-refractivity contribution in [2.45, 2.75) is 31.1 Å². The first-order chi connectivity index (χ1) is 9.48. The minimum Gasteiger partial charge on any atom is -0.399 e. The van der Waals surface area contributed by atoms with Crippen molar-refractivity contribution in [2.24, 2.45) is 5.92 Å². The van der Waals surface area contributed by atoms with Gasteiger partial charge in [0.15, 0.2) is 0 Å². The number of nitriles is 1. The van der Waals surface area contributed by atoms with Crippen molar-refractivity contribution in [3.05, 3.63) is 23.8 Å². The molecule has 5 nitrogen and oxygen atoms in total. The van der Waals surface area contributed by atoms with E-state index in [-0.39, 0.29) is 10.5 Å². The Bertz CT molecular complexity index is 626. The average Bonchev–Trinajstić information content (AvgIpc) is 2.46. The first-order valence-electron chi connectivity index (χ1n) is 6.78. The Balaban J connectivity index is 2.30. The topological polar surface area (TPSA) is 87.2 Å². The van der Waals surface area contributed by atoms with E-state index >= 15 is 0 Å². The highest BCUT2D eigenvalue weighted by atomic mass is 32.2. The van der Waals surface area contributed by atoms with Gasteiger partial charge < -0.3 is 5.73 Å². The van der Waals surface area contributed by atoms with Crippen LogP contribution < -0.4 is 5.73 Å². The second kappa shape index (κ2) is 5.81. The van der Waals surface area contributed by atoms with Gasteiger partial charge in [-0.3, -0.25) is 0 Å². The van der Waals surface area contributed by atoms with Gasteiger partial charge in [0.05, 0.1) is 5.56 Å². The highest BCUT2D eigenvalue weighted by Crippen LogP contribution is 2.27. The SMILES string of the molecule is CCC1CCN(S(=O)(=O)c2ccc(N)cc2C#N)CC1. The molecule has 0 spiro atoms. The summed E-state index contributed by atoms with van der Waals surface area (Å²) in [5, 5.41) is 9.10. The number of piperidine rings is 1. The quantitative estimate of drug-likeness (QED) is 0.863. The number of nitrogens with two attached hydrogens (primary N) is 1. The van der Waals surface area contributed by atoms with Crippen molar-refractivity contribution in [3.63, 3.8) is 0 Å². The van der Waals surface area contributed by atoms with Crippen LogP contribution in [0.4, 0.5) is 5.69 Å². The molecule has 0 saturated carbocycles. The molecule has 0 radical (unpaired) electrons. The summed E-state index contributed by atoms with van der Waals surface area (Å²) in [6.45, 7) is 3.18. The van der Waals surface area contributed by atoms with E-state index in [9.17, 15) is 8.42 Å². The fraction of sp³-hybridized carbons (Fsp3) is 0.500. The predicted molar refractivity (Wildman–Crippen MR) is 77.3 cm³/mol. The second-order valence-corrected chi connectivity index (χ2v) is 7.03. The second-order valence-electron chi connectivity index (χ2n) is 5.12. The molecule has 6 heteroatoms. The molecule has 2 rings (SSSR count). The molecule has 0 amide bonds. The molecule has 0 aromatic heterocycles. The van der Waals surface area contributed by atoms with Gasteiger partial charge in [-0.1, -0.05) is 13.3 Å². The summed E-state index contributed by atoms with van der Waals surface area (Å²) < 4.78 is 26.7. The Labute approximate surface area is 120 Å². The largest absolute Gasteiger partial charge is 0.399 e. The van der Waals surface area contributed by atoms with E-state index in [0.29, 0.717) is 24.7 Å². The van der Waals surface area contributed by atoms with E-state index in [1.165, 1.54) is 22.5 Å². The van der Waals surface area contributed by atoms with E-state index in [4.69, 9.17) is 11.0 Å². The van der Waals surface area contributed by atoms with E-state index in [0.717, 1.165) is 19.3 Å². The molecular formula is C14H19N3O2S. The first kappa shape index (κ1) is 14.8. The van der Waals surface area contributed by atoms with Crippen LogP contribution in [0.3, 0.4) is 0 Å². The highest BCUT2D eigenvalue weighted by Gasteiger charge is 2.30. The van der Waals surface area contributed by atoms with E-state index in [2.05, 4.69) is 6.92 Å². The Morgan fingerprint density at radius 1 is 1.40 bits per heavy atom. The summed E-state index contributed by atoms with van der Waals surface area (Å²) in [6.07, 6.45) is 2.85. The molecule has 0 atom stereocenters. The number of benzene rings is 1. The zero-order chi connectivity index (χ0) is 14.8. The monoisotopic (exact) mass is 293 g/mol. The van der Waals surface area contributed by atoms with Crippen LogP contribution in [0.5, 0.6) is 0 Å². The minimum atomic E-state index is -3.60. The van der Waals surface area contributed by atoms with Crippen molar-refractivity contribution in [1.82, 2.24) is 4.31 Å². The van der Waals surface area contributed by atoms with Crippen LogP contribution in [0.15, 0.2) is 23.1 Å². The molecule has 1 aromatic rings. The van der Waals surface area contributed by atoms with Crippen molar-refractivity contribution in [1.29, 1.82) is 5.26 Å². The number of sulfonamides is 1. The van der Waals surface area contributed by atoms with Crippen molar-refractivity contribution >= 4 is 15.7 Å². The number of hydrogen-bond donors (Lipinski definition) is 1. The Morgan fingerprint density at radius 2 is 2.05 bits per heavy atom. The van der Waals surface area contributed by atoms with Gasteiger partial charge in [-0.15, -0.1) is 0 Å². The lowest BCUT2D eigenvalue weighted by molar-refractivity contribution is 0.269. The molecule has 1 saturated heterocycles. The summed E-state index contributed by atoms with van der Waals surface area (Å²) in [6, 6.07) is 6.27.